The molecule has 1 heterocycles. The third kappa shape index (κ3) is 41.9. The molecule has 0 radical (unpaired) electrons. The summed E-state index contributed by atoms with van der Waals surface area (Å²) >= 11 is 0. The van der Waals surface area contributed by atoms with Gasteiger partial charge in [0.1, 0.15) is 24.4 Å². The van der Waals surface area contributed by atoms with Crippen LogP contribution in [0.15, 0.2) is 24.3 Å². The molecule has 9 heteroatoms. The first kappa shape index (κ1) is 68.7. The zero-order chi connectivity index (χ0) is 52.2. The van der Waals surface area contributed by atoms with Gasteiger partial charge < -0.3 is 40.3 Å². The smallest absolute Gasteiger partial charge is 0.220 e. The first-order valence-electron chi connectivity index (χ1n) is 31.6. The summed E-state index contributed by atoms with van der Waals surface area (Å²) in [5.41, 5.74) is 0. The topological polar surface area (TPSA) is 149 Å². The molecule has 7 atom stereocenters. The van der Waals surface area contributed by atoms with Gasteiger partial charge in [-0.1, -0.05) is 289 Å². The van der Waals surface area contributed by atoms with Crippen LogP contribution in [0.2, 0.25) is 0 Å². The van der Waals surface area contributed by atoms with Crippen molar-refractivity contribution >= 4 is 5.91 Å². The summed E-state index contributed by atoms with van der Waals surface area (Å²) in [5.74, 6) is -0.171. The predicted octanol–water partition coefficient (Wildman–Crippen LogP) is 16.1. The number of unbranched alkanes of at least 4 members (excludes halogenated alkanes) is 43. The number of carbonyl (C=O) groups excluding carboxylic acids is 1. The van der Waals surface area contributed by atoms with Gasteiger partial charge in [0.05, 0.1) is 25.4 Å². The van der Waals surface area contributed by atoms with Crippen molar-refractivity contribution in [3.8, 4) is 0 Å². The van der Waals surface area contributed by atoms with Crippen LogP contribution >= 0.6 is 0 Å². The third-order valence-electron chi connectivity index (χ3n) is 15.3. The molecule has 1 aliphatic rings. The fourth-order valence-corrected chi connectivity index (χ4v) is 10.3. The van der Waals surface area contributed by atoms with Crippen molar-refractivity contribution in [3.63, 3.8) is 0 Å². The third-order valence-corrected chi connectivity index (χ3v) is 15.3. The van der Waals surface area contributed by atoms with Crippen molar-refractivity contribution in [1.82, 2.24) is 5.32 Å². The van der Waals surface area contributed by atoms with Gasteiger partial charge in [-0.05, 0) is 44.9 Å². The molecule has 0 aromatic carbocycles. The molecular weight excluding hydrogens is 899 g/mol. The molecule has 7 unspecified atom stereocenters. The van der Waals surface area contributed by atoms with Gasteiger partial charge in [0.15, 0.2) is 6.29 Å². The van der Waals surface area contributed by atoms with Gasteiger partial charge in [-0.2, -0.15) is 0 Å². The molecular formula is C63H121NO8. The summed E-state index contributed by atoms with van der Waals surface area (Å²) in [5, 5.41) is 54.6. The average molecular weight is 1020 g/mol. The minimum absolute atomic E-state index is 0.171. The number of hydrogen-bond donors (Lipinski definition) is 6. The Morgan fingerprint density at radius 2 is 0.778 bits per heavy atom. The van der Waals surface area contributed by atoms with Gasteiger partial charge in [0.2, 0.25) is 5.91 Å². The van der Waals surface area contributed by atoms with Gasteiger partial charge in [0.25, 0.3) is 0 Å². The monoisotopic (exact) mass is 1020 g/mol. The van der Waals surface area contributed by atoms with E-state index in [2.05, 4.69) is 31.3 Å². The fraction of sp³-hybridized carbons (Fsp3) is 0.921. The highest BCUT2D eigenvalue weighted by molar-refractivity contribution is 5.76. The van der Waals surface area contributed by atoms with Gasteiger partial charge in [-0.25, -0.2) is 0 Å². The Balaban J connectivity index is 2.12. The van der Waals surface area contributed by atoms with Crippen molar-refractivity contribution in [2.75, 3.05) is 13.2 Å². The van der Waals surface area contributed by atoms with Crippen LogP contribution in [0.3, 0.4) is 0 Å². The molecule has 0 aliphatic carbocycles. The van der Waals surface area contributed by atoms with Gasteiger partial charge in [-0.15, -0.1) is 0 Å². The largest absolute Gasteiger partial charge is 0.394 e. The Bertz CT molecular complexity index is 1180. The molecule has 1 saturated heterocycles. The molecule has 426 valence electrons. The normalized spacial score (nSPS) is 19.2. The lowest BCUT2D eigenvalue weighted by Gasteiger charge is -2.40. The lowest BCUT2D eigenvalue weighted by atomic mass is 9.99. The van der Waals surface area contributed by atoms with E-state index < -0.39 is 49.5 Å². The second-order valence-electron chi connectivity index (χ2n) is 22.2. The maximum atomic E-state index is 13.1. The molecule has 0 bridgehead atoms. The van der Waals surface area contributed by atoms with E-state index in [9.17, 15) is 30.3 Å². The summed E-state index contributed by atoms with van der Waals surface area (Å²) in [6.07, 6.45) is 61.2. The zero-order valence-corrected chi connectivity index (χ0v) is 47.5. The van der Waals surface area contributed by atoms with E-state index in [-0.39, 0.29) is 12.5 Å². The highest BCUT2D eigenvalue weighted by Gasteiger charge is 2.44. The lowest BCUT2D eigenvalue weighted by molar-refractivity contribution is -0.302. The minimum atomic E-state index is -1.56. The van der Waals surface area contributed by atoms with E-state index in [1.165, 1.54) is 257 Å². The SMILES string of the molecule is CCCCCCCCCCCCCC/C=C\CCCCCCCCCCCCCCCCCCC(=O)NC(COC1OC(CO)C(O)C(O)C1O)C(O)/C=C/CCCCCCCCCCCCCCCCC. The first-order valence-corrected chi connectivity index (χ1v) is 31.6. The second-order valence-corrected chi connectivity index (χ2v) is 22.2. The Morgan fingerprint density at radius 1 is 0.458 bits per heavy atom. The van der Waals surface area contributed by atoms with E-state index in [1.54, 1.807) is 6.08 Å². The van der Waals surface area contributed by atoms with Crippen LogP contribution in [0, 0.1) is 0 Å². The number of ether oxygens (including phenoxy) is 2. The van der Waals surface area contributed by atoms with Crippen molar-refractivity contribution in [2.24, 2.45) is 0 Å². The van der Waals surface area contributed by atoms with Crippen LogP contribution in [0.4, 0.5) is 0 Å². The fourth-order valence-electron chi connectivity index (χ4n) is 10.3. The van der Waals surface area contributed by atoms with Crippen LogP contribution in [0.25, 0.3) is 0 Å². The Kier molecular flexibility index (Phi) is 50.6. The van der Waals surface area contributed by atoms with Crippen LogP contribution in [0.1, 0.15) is 316 Å². The van der Waals surface area contributed by atoms with Gasteiger partial charge >= 0.3 is 0 Å². The highest BCUT2D eigenvalue weighted by Crippen LogP contribution is 2.23. The number of amides is 1. The van der Waals surface area contributed by atoms with Crippen LogP contribution < -0.4 is 5.32 Å². The quantitative estimate of drug-likeness (QED) is 0.0261. The van der Waals surface area contributed by atoms with Crippen molar-refractivity contribution in [1.29, 1.82) is 0 Å². The molecule has 1 rings (SSSR count). The summed E-state index contributed by atoms with van der Waals surface area (Å²) < 4.78 is 11.3. The predicted molar refractivity (Wildman–Crippen MR) is 304 cm³/mol. The van der Waals surface area contributed by atoms with Crippen molar-refractivity contribution in [2.45, 2.75) is 358 Å². The van der Waals surface area contributed by atoms with Crippen molar-refractivity contribution in [3.05, 3.63) is 24.3 Å². The molecule has 0 saturated carbocycles. The molecule has 9 nitrogen and oxygen atoms in total. The highest BCUT2D eigenvalue weighted by atomic mass is 16.7. The number of allylic oxidation sites excluding steroid dienone is 3. The van der Waals surface area contributed by atoms with Crippen LogP contribution in [0.5, 0.6) is 0 Å². The molecule has 0 aromatic rings. The minimum Gasteiger partial charge on any atom is -0.394 e. The Hall–Kier alpha value is -1.33. The van der Waals surface area contributed by atoms with E-state index in [0.717, 1.165) is 38.5 Å². The first-order chi connectivity index (χ1) is 35.3. The molecule has 1 fully saturated rings. The molecule has 0 spiro atoms. The summed E-state index contributed by atoms with van der Waals surface area (Å²) in [6.45, 7) is 3.82. The van der Waals surface area contributed by atoms with Gasteiger partial charge in [-0.3, -0.25) is 4.79 Å². The Morgan fingerprint density at radius 3 is 1.12 bits per heavy atom. The summed E-state index contributed by atoms with van der Waals surface area (Å²) in [6, 6.07) is -0.802. The van der Waals surface area contributed by atoms with Crippen LogP contribution in [-0.2, 0) is 14.3 Å². The van der Waals surface area contributed by atoms with Crippen LogP contribution in [-0.4, -0.2) is 87.5 Å². The van der Waals surface area contributed by atoms with E-state index in [1.807, 2.05) is 6.08 Å². The second kappa shape index (κ2) is 53.1. The standard InChI is InChI=1S/C63H121NO8/c1-3-5-7-9-11-13-15-17-19-21-22-23-24-25-26-27-28-29-30-31-32-33-34-35-37-39-41-43-45-47-49-51-53-59(67)64-56(55-71-63-62(70)61(69)60(68)58(54-65)72-63)57(66)52-50-48-46-44-42-40-38-36-20-18-16-14-12-10-8-6-4-2/h25-26,50,52,56-58,60-63,65-66,68-70H,3-24,27-49,51,53-55H2,1-2H3,(H,64,67)/b26-25-,52-50+. The number of nitrogens with one attached hydrogen (secondary N) is 1. The van der Waals surface area contributed by atoms with E-state index in [0.29, 0.717) is 6.42 Å². The molecule has 1 aliphatic heterocycles. The van der Waals surface area contributed by atoms with E-state index >= 15 is 0 Å². The van der Waals surface area contributed by atoms with Gasteiger partial charge in [0, 0.05) is 6.42 Å². The number of aliphatic hydroxyl groups is 5. The number of aliphatic hydroxyl groups excluding tert-OH is 5. The average Bonchev–Trinajstić information content (AvgIpc) is 3.38. The zero-order valence-electron chi connectivity index (χ0n) is 47.5. The number of carbonyl (C=O) groups is 1. The maximum Gasteiger partial charge on any atom is 0.220 e. The maximum absolute atomic E-state index is 13.1. The lowest BCUT2D eigenvalue weighted by Crippen LogP contribution is -2.60. The summed E-state index contributed by atoms with van der Waals surface area (Å²) in [4.78, 5) is 13.1. The number of rotatable bonds is 55. The van der Waals surface area contributed by atoms with E-state index in [4.69, 9.17) is 9.47 Å². The molecule has 0 aromatic heterocycles. The summed E-state index contributed by atoms with van der Waals surface area (Å²) in [7, 11) is 0. The molecule has 6 N–H and O–H groups in total. The van der Waals surface area contributed by atoms with Crippen molar-refractivity contribution < 1.29 is 39.8 Å². The molecule has 72 heavy (non-hydrogen) atoms. The number of hydrogen-bond acceptors (Lipinski definition) is 8. The Labute approximate surface area is 445 Å². The molecule has 1 amide bonds.